The van der Waals surface area contributed by atoms with Crippen molar-refractivity contribution in [1.29, 1.82) is 0 Å². The Balaban J connectivity index is 2.69. The number of nitrogens with one attached hydrogen (secondary N) is 2. The van der Waals surface area contributed by atoms with Crippen molar-refractivity contribution in [3.05, 3.63) is 29.3 Å². The maximum Gasteiger partial charge on any atom is 0.336 e. The largest absolute Gasteiger partial charge is 0.478 e. The first-order chi connectivity index (χ1) is 9.45. The van der Waals surface area contributed by atoms with E-state index in [1.165, 1.54) is 6.07 Å². The second kappa shape index (κ2) is 7.81. The molecule has 20 heavy (non-hydrogen) atoms. The molecule has 5 nitrogen and oxygen atoms in total. The Bertz CT molecular complexity index is 534. The third-order valence-electron chi connectivity index (χ3n) is 2.60. The Morgan fingerprint density at radius 1 is 1.40 bits per heavy atom. The van der Waals surface area contributed by atoms with Gasteiger partial charge in [-0.3, -0.25) is 4.79 Å². The molecule has 0 saturated carbocycles. The maximum absolute atomic E-state index is 11.5. The van der Waals surface area contributed by atoms with Gasteiger partial charge in [0, 0.05) is 18.0 Å². The lowest BCUT2D eigenvalue weighted by atomic mass is 10.1. The van der Waals surface area contributed by atoms with Gasteiger partial charge in [0.15, 0.2) is 5.11 Å². The number of amides is 1. The monoisotopic (exact) mass is 314 g/mol. The molecule has 0 fully saturated rings. The Kier molecular flexibility index (Phi) is 6.41. The summed E-state index contributed by atoms with van der Waals surface area (Å²) in [5, 5.41) is 14.5. The molecule has 1 rings (SSSR count). The quantitative estimate of drug-likeness (QED) is 0.575. The minimum Gasteiger partial charge on any atom is -0.478 e. The Morgan fingerprint density at radius 2 is 2.10 bits per heavy atom. The Morgan fingerprint density at radius 3 is 2.70 bits per heavy atom. The number of carbonyl (C=O) groups is 2. The lowest BCUT2D eigenvalue weighted by Gasteiger charge is -2.12. The van der Waals surface area contributed by atoms with E-state index in [9.17, 15) is 9.59 Å². The summed E-state index contributed by atoms with van der Waals surface area (Å²) in [5.74, 6) is -0.827. The van der Waals surface area contributed by atoms with Gasteiger partial charge in [-0.25, -0.2) is 4.79 Å². The first kappa shape index (κ1) is 16.4. The lowest BCUT2D eigenvalue weighted by molar-refractivity contribution is -0.119. The van der Waals surface area contributed by atoms with Gasteiger partial charge in [-0.1, -0.05) is 6.07 Å². The molecular weight excluding hydrogens is 300 g/mol. The van der Waals surface area contributed by atoms with Crippen LogP contribution in [0.4, 0.5) is 5.69 Å². The maximum atomic E-state index is 11.5. The predicted molar refractivity (Wildman–Crippen MR) is 82.5 cm³/mol. The van der Waals surface area contributed by atoms with Gasteiger partial charge in [0.25, 0.3) is 0 Å². The summed E-state index contributed by atoms with van der Waals surface area (Å²) in [7, 11) is 0. The van der Waals surface area contributed by atoms with Gasteiger partial charge in [-0.2, -0.15) is 0 Å². The van der Waals surface area contributed by atoms with Crippen LogP contribution in [0.15, 0.2) is 18.2 Å². The molecule has 1 amide bonds. The van der Waals surface area contributed by atoms with E-state index in [0.29, 0.717) is 30.0 Å². The van der Waals surface area contributed by atoms with E-state index in [4.69, 9.17) is 28.9 Å². The Hall–Kier alpha value is -1.66. The number of carbonyl (C=O) groups excluding carboxylic acids is 1. The second-order valence-electron chi connectivity index (χ2n) is 4.08. The van der Waals surface area contributed by atoms with Crippen LogP contribution in [-0.4, -0.2) is 28.0 Å². The highest BCUT2D eigenvalue weighted by atomic mass is 35.5. The van der Waals surface area contributed by atoms with Crippen molar-refractivity contribution in [2.45, 2.75) is 19.8 Å². The Labute approximate surface area is 127 Å². The number of halogens is 1. The summed E-state index contributed by atoms with van der Waals surface area (Å²) in [4.78, 5) is 22.5. The molecule has 1 aromatic carbocycles. The zero-order valence-corrected chi connectivity index (χ0v) is 12.5. The van der Waals surface area contributed by atoms with Crippen LogP contribution in [0.3, 0.4) is 0 Å². The first-order valence-electron chi connectivity index (χ1n) is 5.95. The van der Waals surface area contributed by atoms with Gasteiger partial charge in [0.1, 0.15) is 0 Å². The van der Waals surface area contributed by atoms with E-state index in [0.717, 1.165) is 0 Å². The van der Waals surface area contributed by atoms with Crippen LogP contribution in [0.1, 0.15) is 28.8 Å². The molecule has 108 valence electrons. The second-order valence-corrected chi connectivity index (χ2v) is 4.86. The molecule has 0 saturated heterocycles. The van der Waals surface area contributed by atoms with Crippen LogP contribution < -0.4 is 10.6 Å². The molecule has 0 aliphatic heterocycles. The van der Waals surface area contributed by atoms with Gasteiger partial charge in [-0.05, 0) is 43.3 Å². The minimum absolute atomic E-state index is 0.134. The molecule has 0 bridgehead atoms. The number of hydrogen-bond acceptors (Lipinski definition) is 3. The van der Waals surface area contributed by atoms with E-state index in [1.54, 1.807) is 19.1 Å². The molecule has 0 heterocycles. The van der Waals surface area contributed by atoms with Crippen molar-refractivity contribution in [3.63, 3.8) is 0 Å². The third-order valence-corrected chi connectivity index (χ3v) is 3.07. The molecule has 1 aromatic rings. The normalized spacial score (nSPS) is 9.90. The van der Waals surface area contributed by atoms with Gasteiger partial charge in [0.05, 0.1) is 5.56 Å². The fourth-order valence-corrected chi connectivity index (χ4v) is 1.93. The highest BCUT2D eigenvalue weighted by Gasteiger charge is 2.11. The van der Waals surface area contributed by atoms with E-state index < -0.39 is 5.97 Å². The molecule has 0 unspecified atom stereocenters. The third kappa shape index (κ3) is 4.79. The average molecular weight is 315 g/mol. The molecule has 0 atom stereocenters. The van der Waals surface area contributed by atoms with Crippen LogP contribution in [0, 0.1) is 6.92 Å². The van der Waals surface area contributed by atoms with Crippen molar-refractivity contribution >= 4 is 46.5 Å². The molecule has 0 aromatic heterocycles. The highest BCUT2D eigenvalue weighted by molar-refractivity contribution is 7.80. The van der Waals surface area contributed by atoms with Gasteiger partial charge in [0.2, 0.25) is 5.91 Å². The van der Waals surface area contributed by atoms with E-state index >= 15 is 0 Å². The van der Waals surface area contributed by atoms with Crippen LogP contribution in [0.5, 0.6) is 0 Å². The zero-order valence-electron chi connectivity index (χ0n) is 10.9. The number of aromatic carboxylic acids is 1. The number of rotatable bonds is 5. The SMILES string of the molecule is Cc1c(NC(=S)NC(=O)CCCCl)cccc1C(=O)O. The van der Waals surface area contributed by atoms with Crippen molar-refractivity contribution in [3.8, 4) is 0 Å². The van der Waals surface area contributed by atoms with Crippen LogP contribution in [0.25, 0.3) is 0 Å². The van der Waals surface area contributed by atoms with Crippen molar-refractivity contribution in [2.75, 3.05) is 11.2 Å². The van der Waals surface area contributed by atoms with Crippen LogP contribution in [0.2, 0.25) is 0 Å². The number of anilines is 1. The number of alkyl halides is 1. The predicted octanol–water partition coefficient (Wildman–Crippen LogP) is 2.53. The number of carboxylic acid groups (broad SMARTS) is 1. The van der Waals surface area contributed by atoms with Crippen LogP contribution >= 0.6 is 23.8 Å². The van der Waals surface area contributed by atoms with Gasteiger partial charge >= 0.3 is 5.97 Å². The number of hydrogen-bond donors (Lipinski definition) is 3. The molecular formula is C13H15ClN2O3S. The molecule has 7 heteroatoms. The van der Waals surface area contributed by atoms with Crippen molar-refractivity contribution < 1.29 is 14.7 Å². The van der Waals surface area contributed by atoms with Gasteiger partial charge in [-0.15, -0.1) is 11.6 Å². The fourth-order valence-electron chi connectivity index (χ4n) is 1.57. The highest BCUT2D eigenvalue weighted by Crippen LogP contribution is 2.18. The molecule has 0 aliphatic carbocycles. The van der Waals surface area contributed by atoms with Crippen molar-refractivity contribution in [2.24, 2.45) is 0 Å². The van der Waals surface area contributed by atoms with E-state index in [-0.39, 0.29) is 16.6 Å². The van der Waals surface area contributed by atoms with Gasteiger partial charge < -0.3 is 15.7 Å². The standard InChI is InChI=1S/C13H15ClN2O3S/c1-8-9(12(18)19)4-2-5-10(8)15-13(20)16-11(17)6-3-7-14/h2,4-5H,3,6-7H2,1H3,(H,18,19)(H2,15,16,17,20). The van der Waals surface area contributed by atoms with E-state index in [2.05, 4.69) is 10.6 Å². The summed E-state index contributed by atoms with van der Waals surface area (Å²) in [6.45, 7) is 1.67. The first-order valence-corrected chi connectivity index (χ1v) is 6.89. The summed E-state index contributed by atoms with van der Waals surface area (Å²) in [6.07, 6.45) is 0.864. The summed E-state index contributed by atoms with van der Waals surface area (Å²) >= 11 is 10.5. The molecule has 0 radical (unpaired) electrons. The van der Waals surface area contributed by atoms with E-state index in [1.807, 2.05) is 0 Å². The summed E-state index contributed by atoms with van der Waals surface area (Å²) in [5.41, 5.74) is 1.29. The smallest absolute Gasteiger partial charge is 0.336 e. The fraction of sp³-hybridized carbons (Fsp3) is 0.308. The average Bonchev–Trinajstić information content (AvgIpc) is 2.38. The van der Waals surface area contributed by atoms with Crippen molar-refractivity contribution in [1.82, 2.24) is 5.32 Å². The number of carboxylic acids is 1. The number of thiocarbonyl (C=S) groups is 1. The molecule has 3 N–H and O–H groups in total. The zero-order chi connectivity index (χ0) is 15.1. The summed E-state index contributed by atoms with van der Waals surface area (Å²) < 4.78 is 0. The molecule has 0 aliphatic rings. The lowest BCUT2D eigenvalue weighted by Crippen LogP contribution is -2.34. The minimum atomic E-state index is -1.01. The molecule has 0 spiro atoms. The number of benzene rings is 1. The summed E-state index contributed by atoms with van der Waals surface area (Å²) in [6, 6.07) is 4.81. The topological polar surface area (TPSA) is 78.4 Å². The van der Waals surface area contributed by atoms with Crippen LogP contribution in [-0.2, 0) is 4.79 Å².